The van der Waals surface area contributed by atoms with Gasteiger partial charge < -0.3 is 15.7 Å². The van der Waals surface area contributed by atoms with Gasteiger partial charge >= 0.3 is 0 Å². The van der Waals surface area contributed by atoms with Crippen LogP contribution in [0.5, 0.6) is 0 Å². The molecule has 4 heteroatoms. The largest absolute Gasteiger partial charge is 0.386 e. The van der Waals surface area contributed by atoms with Gasteiger partial charge in [0.05, 0.1) is 18.6 Å². The topological polar surface area (TPSA) is 66.6 Å². The second kappa shape index (κ2) is 4.49. The zero-order valence-corrected chi connectivity index (χ0v) is 11.8. The first kappa shape index (κ1) is 13.8. The van der Waals surface area contributed by atoms with Crippen molar-refractivity contribution in [2.24, 2.45) is 17.6 Å². The molecule has 1 amide bonds. The number of rotatable bonds is 2. The Kier molecular flexibility index (Phi) is 3.45. The van der Waals surface area contributed by atoms with E-state index in [0.717, 1.165) is 19.3 Å². The fraction of sp³-hybridized carbons (Fsp3) is 0.929. The van der Waals surface area contributed by atoms with Crippen LogP contribution in [-0.4, -0.2) is 40.1 Å². The molecule has 0 aromatic carbocycles. The Balaban J connectivity index is 1.97. The van der Waals surface area contributed by atoms with Crippen LogP contribution >= 0.6 is 0 Å². The maximum atomic E-state index is 12.4. The molecule has 2 fully saturated rings. The molecule has 0 radical (unpaired) electrons. The highest BCUT2D eigenvalue weighted by atomic mass is 16.3. The van der Waals surface area contributed by atoms with Crippen molar-refractivity contribution in [3.05, 3.63) is 0 Å². The molecule has 3 N–H and O–H groups in total. The minimum Gasteiger partial charge on any atom is -0.386 e. The van der Waals surface area contributed by atoms with E-state index < -0.39 is 11.1 Å². The number of hydrogen-bond donors (Lipinski definition) is 2. The van der Waals surface area contributed by atoms with Crippen molar-refractivity contribution in [2.45, 2.75) is 57.6 Å². The highest BCUT2D eigenvalue weighted by Gasteiger charge is 2.50. The summed E-state index contributed by atoms with van der Waals surface area (Å²) in [6.45, 7) is 7.02. The lowest BCUT2D eigenvalue weighted by Gasteiger charge is -2.52. The van der Waals surface area contributed by atoms with Crippen LogP contribution < -0.4 is 5.73 Å². The van der Waals surface area contributed by atoms with Gasteiger partial charge in [0.2, 0.25) is 5.91 Å². The number of nitrogens with two attached hydrogens (primary N) is 1. The quantitative estimate of drug-likeness (QED) is 0.776. The second-order valence-electron chi connectivity index (χ2n) is 6.78. The second-order valence-corrected chi connectivity index (χ2v) is 6.78. The number of carbonyl (C=O) groups is 1. The van der Waals surface area contributed by atoms with E-state index >= 15 is 0 Å². The molecule has 0 bridgehead atoms. The Bertz CT molecular complexity index is 337. The van der Waals surface area contributed by atoms with Gasteiger partial charge in [-0.05, 0) is 24.7 Å². The van der Waals surface area contributed by atoms with Gasteiger partial charge in [-0.15, -0.1) is 0 Å². The summed E-state index contributed by atoms with van der Waals surface area (Å²) in [6, 6.07) is 0. The van der Waals surface area contributed by atoms with Gasteiger partial charge in [-0.3, -0.25) is 4.79 Å². The summed E-state index contributed by atoms with van der Waals surface area (Å²) in [5.74, 6) is 0.748. The van der Waals surface area contributed by atoms with Gasteiger partial charge in [0.15, 0.2) is 0 Å². The van der Waals surface area contributed by atoms with Crippen molar-refractivity contribution >= 4 is 5.91 Å². The van der Waals surface area contributed by atoms with E-state index in [0.29, 0.717) is 19.0 Å². The maximum absolute atomic E-state index is 12.4. The molecular formula is C14H26N2O2. The van der Waals surface area contributed by atoms with Crippen LogP contribution in [0.1, 0.15) is 46.5 Å². The van der Waals surface area contributed by atoms with Gasteiger partial charge in [0.1, 0.15) is 5.60 Å². The summed E-state index contributed by atoms with van der Waals surface area (Å²) < 4.78 is 0. The van der Waals surface area contributed by atoms with Gasteiger partial charge in [0.25, 0.3) is 0 Å². The lowest BCUT2D eigenvalue weighted by atomic mass is 9.74. The number of likely N-dealkylation sites (tertiary alicyclic amines) is 1. The molecule has 2 unspecified atom stereocenters. The summed E-state index contributed by atoms with van der Waals surface area (Å²) in [5, 5.41) is 10.2. The third-order valence-electron chi connectivity index (χ3n) is 4.75. The van der Waals surface area contributed by atoms with Crippen LogP contribution in [0.25, 0.3) is 0 Å². The van der Waals surface area contributed by atoms with Gasteiger partial charge in [0, 0.05) is 0 Å². The first-order chi connectivity index (χ1) is 8.27. The van der Waals surface area contributed by atoms with E-state index in [1.54, 1.807) is 4.90 Å². The molecular weight excluding hydrogens is 228 g/mol. The molecule has 1 aliphatic carbocycles. The number of carbonyl (C=O) groups excluding carboxylic acids is 1. The maximum Gasteiger partial charge on any atom is 0.242 e. The normalized spacial score (nSPS) is 35.4. The third-order valence-corrected chi connectivity index (χ3v) is 4.75. The fourth-order valence-electron chi connectivity index (χ4n) is 3.22. The molecule has 0 spiro atoms. The van der Waals surface area contributed by atoms with Crippen molar-refractivity contribution in [2.75, 3.05) is 13.1 Å². The van der Waals surface area contributed by atoms with E-state index in [1.165, 1.54) is 6.42 Å². The monoisotopic (exact) mass is 254 g/mol. The van der Waals surface area contributed by atoms with Gasteiger partial charge in [-0.25, -0.2) is 0 Å². The Morgan fingerprint density at radius 3 is 2.56 bits per heavy atom. The lowest BCUT2D eigenvalue weighted by Crippen LogP contribution is -2.71. The van der Waals surface area contributed by atoms with E-state index in [2.05, 4.69) is 6.92 Å². The predicted molar refractivity (Wildman–Crippen MR) is 70.9 cm³/mol. The molecule has 2 rings (SSSR count). The lowest BCUT2D eigenvalue weighted by molar-refractivity contribution is -0.170. The van der Waals surface area contributed by atoms with Crippen molar-refractivity contribution < 1.29 is 9.90 Å². The molecule has 1 saturated carbocycles. The summed E-state index contributed by atoms with van der Waals surface area (Å²) in [7, 11) is 0. The summed E-state index contributed by atoms with van der Waals surface area (Å²) >= 11 is 0. The minimum atomic E-state index is -0.702. The fourth-order valence-corrected chi connectivity index (χ4v) is 3.22. The molecule has 104 valence electrons. The zero-order valence-electron chi connectivity index (χ0n) is 11.8. The Morgan fingerprint density at radius 2 is 2.06 bits per heavy atom. The van der Waals surface area contributed by atoms with Crippen LogP contribution in [0.4, 0.5) is 0 Å². The number of β-amino-alcohol motifs (C(OH)–C–C–N with tert-alkyl or cyclic N) is 1. The molecule has 2 aliphatic rings. The molecule has 1 heterocycles. The number of hydrogen-bond acceptors (Lipinski definition) is 3. The minimum absolute atomic E-state index is 0.0411. The molecule has 1 saturated heterocycles. The van der Waals surface area contributed by atoms with E-state index in [-0.39, 0.29) is 11.8 Å². The van der Waals surface area contributed by atoms with E-state index in [9.17, 15) is 9.90 Å². The molecule has 4 nitrogen and oxygen atoms in total. The first-order valence-electron chi connectivity index (χ1n) is 7.07. The molecule has 1 aliphatic heterocycles. The van der Waals surface area contributed by atoms with Gasteiger partial charge in [-0.1, -0.05) is 33.6 Å². The standard InChI is InChI=1S/C14H26N2O2/c1-10(2)14(18)8-16(9-14)12(17)13(15)6-4-5-11(3)7-13/h10-11,18H,4-9,15H2,1-3H3. The average molecular weight is 254 g/mol. The number of aliphatic hydroxyl groups is 1. The highest BCUT2D eigenvalue weighted by molar-refractivity contribution is 5.87. The Morgan fingerprint density at radius 1 is 1.44 bits per heavy atom. The molecule has 0 aromatic heterocycles. The van der Waals surface area contributed by atoms with Crippen LogP contribution in [0.2, 0.25) is 0 Å². The number of nitrogens with zero attached hydrogens (tertiary/aromatic N) is 1. The van der Waals surface area contributed by atoms with Crippen LogP contribution in [0.15, 0.2) is 0 Å². The summed E-state index contributed by atoms with van der Waals surface area (Å²) in [4.78, 5) is 14.2. The van der Waals surface area contributed by atoms with E-state index in [1.807, 2.05) is 13.8 Å². The number of amides is 1. The van der Waals surface area contributed by atoms with Crippen LogP contribution in [-0.2, 0) is 4.79 Å². The first-order valence-corrected chi connectivity index (χ1v) is 7.07. The van der Waals surface area contributed by atoms with E-state index in [4.69, 9.17) is 5.73 Å². The summed E-state index contributed by atoms with van der Waals surface area (Å²) in [5.41, 5.74) is 4.91. The third kappa shape index (κ3) is 2.28. The van der Waals surface area contributed by atoms with Gasteiger partial charge in [-0.2, -0.15) is 0 Å². The highest BCUT2D eigenvalue weighted by Crippen LogP contribution is 2.35. The van der Waals surface area contributed by atoms with Crippen molar-refractivity contribution in [3.63, 3.8) is 0 Å². The van der Waals surface area contributed by atoms with Crippen molar-refractivity contribution in [1.29, 1.82) is 0 Å². The SMILES string of the molecule is CC1CCCC(N)(C(=O)N2CC(O)(C(C)C)C2)C1. The Labute approximate surface area is 110 Å². The van der Waals surface area contributed by atoms with Crippen LogP contribution in [0, 0.1) is 11.8 Å². The van der Waals surface area contributed by atoms with Crippen molar-refractivity contribution in [1.82, 2.24) is 4.90 Å². The molecule has 2 atom stereocenters. The molecule has 18 heavy (non-hydrogen) atoms. The smallest absolute Gasteiger partial charge is 0.242 e. The zero-order chi connectivity index (χ0) is 13.6. The van der Waals surface area contributed by atoms with Crippen LogP contribution in [0.3, 0.4) is 0 Å². The molecule has 0 aromatic rings. The Hall–Kier alpha value is -0.610. The average Bonchev–Trinajstić information content (AvgIpc) is 2.23. The summed E-state index contributed by atoms with van der Waals surface area (Å²) in [6.07, 6.45) is 3.77. The predicted octanol–water partition coefficient (Wildman–Crippen LogP) is 1.12. The van der Waals surface area contributed by atoms with Crippen molar-refractivity contribution in [3.8, 4) is 0 Å².